The van der Waals surface area contributed by atoms with Crippen molar-refractivity contribution < 1.29 is 14.0 Å². The number of carbonyl (C=O) groups is 2. The van der Waals surface area contributed by atoms with Crippen LogP contribution in [0.3, 0.4) is 0 Å². The van der Waals surface area contributed by atoms with E-state index in [1.54, 1.807) is 42.3 Å². The molecule has 2 aromatic rings. The highest BCUT2D eigenvalue weighted by molar-refractivity contribution is 6.20. The second-order valence-corrected chi connectivity index (χ2v) is 9.58. The SMILES string of the molecule is CN1C(=O)[C@@]2(C(C#N)=C(N)N(c3cccc(F)c3)C3=C2C(=O)CC(C)(C)C3)c2ccccc21. The minimum Gasteiger partial charge on any atom is -0.384 e. The van der Waals surface area contributed by atoms with Gasteiger partial charge in [0.05, 0.1) is 11.3 Å². The minimum atomic E-state index is -1.61. The van der Waals surface area contributed by atoms with Crippen LogP contribution in [0.15, 0.2) is 71.2 Å². The third-order valence-electron chi connectivity index (χ3n) is 6.84. The van der Waals surface area contributed by atoms with Crippen LogP contribution in [0.1, 0.15) is 32.3 Å². The Hall–Kier alpha value is -3.92. The zero-order valence-corrected chi connectivity index (χ0v) is 18.6. The molecule has 0 bridgehead atoms. The van der Waals surface area contributed by atoms with Crippen molar-refractivity contribution >= 4 is 23.1 Å². The molecule has 33 heavy (non-hydrogen) atoms. The number of Topliss-reactive ketones (excluding diaryl/α,β-unsaturated/α-hetero) is 1. The van der Waals surface area contributed by atoms with Gasteiger partial charge in [-0.3, -0.25) is 14.5 Å². The second-order valence-electron chi connectivity index (χ2n) is 9.58. The van der Waals surface area contributed by atoms with Crippen molar-refractivity contribution in [2.75, 3.05) is 16.8 Å². The molecule has 2 heterocycles. The largest absolute Gasteiger partial charge is 0.384 e. The molecule has 166 valence electrons. The Morgan fingerprint density at radius 2 is 1.82 bits per heavy atom. The van der Waals surface area contributed by atoms with Crippen LogP contribution >= 0.6 is 0 Å². The number of likely N-dealkylation sites (N-methyl/N-ethyl adjacent to an activating group) is 1. The van der Waals surface area contributed by atoms with E-state index in [4.69, 9.17) is 5.73 Å². The number of halogens is 1. The van der Waals surface area contributed by atoms with Crippen LogP contribution in [0, 0.1) is 22.6 Å². The van der Waals surface area contributed by atoms with Gasteiger partial charge in [-0.1, -0.05) is 38.1 Å². The Morgan fingerprint density at radius 3 is 2.52 bits per heavy atom. The number of allylic oxidation sites excluding steroid dienone is 1. The molecule has 0 saturated heterocycles. The van der Waals surface area contributed by atoms with Crippen LogP contribution in [-0.4, -0.2) is 18.7 Å². The van der Waals surface area contributed by atoms with E-state index in [-0.39, 0.29) is 35.1 Å². The quantitative estimate of drug-likeness (QED) is 0.724. The molecule has 0 unspecified atom stereocenters. The van der Waals surface area contributed by atoms with Crippen molar-refractivity contribution in [2.24, 2.45) is 11.1 Å². The predicted molar refractivity (Wildman–Crippen MR) is 122 cm³/mol. The van der Waals surface area contributed by atoms with Gasteiger partial charge < -0.3 is 10.6 Å². The summed E-state index contributed by atoms with van der Waals surface area (Å²) in [7, 11) is 1.64. The van der Waals surface area contributed by atoms with Gasteiger partial charge >= 0.3 is 0 Å². The molecule has 6 nitrogen and oxygen atoms in total. The van der Waals surface area contributed by atoms with Crippen molar-refractivity contribution in [2.45, 2.75) is 32.1 Å². The topological polar surface area (TPSA) is 90.4 Å². The Labute approximate surface area is 191 Å². The van der Waals surface area contributed by atoms with Gasteiger partial charge in [-0.2, -0.15) is 5.26 Å². The number of ketones is 1. The van der Waals surface area contributed by atoms with Crippen LogP contribution in [0.4, 0.5) is 15.8 Å². The molecule has 2 N–H and O–H groups in total. The number of hydrogen-bond acceptors (Lipinski definition) is 5. The molecule has 0 aromatic heterocycles. The highest BCUT2D eigenvalue weighted by Gasteiger charge is 2.62. The molecular weight excluding hydrogens is 419 g/mol. The number of hydrogen-bond donors (Lipinski definition) is 1. The number of nitrogens with two attached hydrogens (primary N) is 1. The highest BCUT2D eigenvalue weighted by Crippen LogP contribution is 2.58. The Balaban J connectivity index is 1.92. The predicted octanol–water partition coefficient (Wildman–Crippen LogP) is 3.90. The summed E-state index contributed by atoms with van der Waals surface area (Å²) in [6.45, 7) is 3.95. The van der Waals surface area contributed by atoms with E-state index in [0.717, 1.165) is 0 Å². The van der Waals surface area contributed by atoms with Gasteiger partial charge in [-0.05, 0) is 36.1 Å². The maximum Gasteiger partial charge on any atom is 0.247 e. The summed E-state index contributed by atoms with van der Waals surface area (Å²) in [5.74, 6) is -1.03. The smallest absolute Gasteiger partial charge is 0.247 e. The molecule has 0 saturated carbocycles. The molecule has 1 amide bonds. The lowest BCUT2D eigenvalue weighted by Gasteiger charge is -2.46. The normalized spacial score (nSPS) is 23.7. The number of amides is 1. The number of nitriles is 1. The monoisotopic (exact) mass is 442 g/mol. The van der Waals surface area contributed by atoms with Gasteiger partial charge in [0.25, 0.3) is 0 Å². The van der Waals surface area contributed by atoms with E-state index in [1.165, 1.54) is 17.0 Å². The van der Waals surface area contributed by atoms with Crippen molar-refractivity contribution in [1.29, 1.82) is 5.26 Å². The van der Waals surface area contributed by atoms with Gasteiger partial charge in [0.1, 0.15) is 23.1 Å². The standard InChI is InChI=1S/C26H23FN4O2/c1-25(2)12-20-22(21(32)13-25)26(17-9-4-5-10-19(17)30(3)24(26)33)18(14-28)23(29)31(20)16-8-6-7-15(27)11-16/h4-11H,12-13,29H2,1-3H3/t26-/m1/s1. The lowest BCUT2D eigenvalue weighted by atomic mass is 9.60. The van der Waals surface area contributed by atoms with Crippen molar-refractivity contribution in [1.82, 2.24) is 0 Å². The van der Waals surface area contributed by atoms with Crippen LogP contribution in [-0.2, 0) is 15.0 Å². The van der Waals surface area contributed by atoms with Crippen molar-refractivity contribution in [3.63, 3.8) is 0 Å². The number of anilines is 2. The minimum absolute atomic E-state index is 0.0135. The van der Waals surface area contributed by atoms with E-state index < -0.39 is 16.6 Å². The van der Waals surface area contributed by atoms with Crippen molar-refractivity contribution in [3.8, 4) is 6.07 Å². The number of benzene rings is 2. The number of fused-ring (bicyclic) bond motifs is 3. The Kier molecular flexibility index (Phi) is 4.31. The first-order chi connectivity index (χ1) is 15.6. The molecule has 7 heteroatoms. The zero-order chi connectivity index (χ0) is 23.7. The summed E-state index contributed by atoms with van der Waals surface area (Å²) >= 11 is 0. The summed E-state index contributed by atoms with van der Waals surface area (Å²) in [5, 5.41) is 10.3. The maximum atomic E-state index is 14.2. The summed E-state index contributed by atoms with van der Waals surface area (Å²) in [5.41, 5.74) is 6.99. The fourth-order valence-corrected chi connectivity index (χ4v) is 5.57. The van der Waals surface area contributed by atoms with E-state index in [0.29, 0.717) is 29.1 Å². The molecule has 0 radical (unpaired) electrons. The summed E-state index contributed by atoms with van der Waals surface area (Å²) in [6.07, 6.45) is 0.660. The first kappa shape index (κ1) is 21.0. The van der Waals surface area contributed by atoms with E-state index in [1.807, 2.05) is 19.9 Å². The highest BCUT2D eigenvalue weighted by atomic mass is 19.1. The number of para-hydroxylation sites is 1. The molecule has 2 aromatic carbocycles. The van der Waals surface area contributed by atoms with Gasteiger partial charge in [-0.15, -0.1) is 0 Å². The first-order valence-electron chi connectivity index (χ1n) is 10.7. The van der Waals surface area contributed by atoms with Crippen molar-refractivity contribution in [3.05, 3.63) is 82.6 Å². The van der Waals surface area contributed by atoms with Crippen LogP contribution < -0.4 is 15.5 Å². The van der Waals surface area contributed by atoms with Crippen LogP contribution in [0.5, 0.6) is 0 Å². The first-order valence-corrected chi connectivity index (χ1v) is 10.7. The van der Waals surface area contributed by atoms with Gasteiger partial charge in [0.15, 0.2) is 5.78 Å². The average Bonchev–Trinajstić information content (AvgIpc) is 2.96. The molecule has 1 aliphatic carbocycles. The fraction of sp³-hybridized carbons (Fsp3) is 0.269. The zero-order valence-electron chi connectivity index (χ0n) is 18.6. The summed E-state index contributed by atoms with van der Waals surface area (Å²) in [4.78, 5) is 30.8. The molecule has 0 fully saturated rings. The molecule has 3 aliphatic rings. The number of rotatable bonds is 1. The van der Waals surface area contributed by atoms with Crippen LogP contribution in [0.2, 0.25) is 0 Å². The Morgan fingerprint density at radius 1 is 1.09 bits per heavy atom. The van der Waals surface area contributed by atoms with Gasteiger partial charge in [0.2, 0.25) is 5.91 Å². The molecule has 5 rings (SSSR count). The second kappa shape index (κ2) is 6.79. The lowest BCUT2D eigenvalue weighted by molar-refractivity contribution is -0.124. The summed E-state index contributed by atoms with van der Waals surface area (Å²) in [6, 6.07) is 15.2. The van der Waals surface area contributed by atoms with E-state index >= 15 is 0 Å². The lowest BCUT2D eigenvalue weighted by Crippen LogP contribution is -2.53. The molecular formula is C26H23FN4O2. The molecule has 2 aliphatic heterocycles. The van der Waals surface area contributed by atoms with E-state index in [2.05, 4.69) is 6.07 Å². The summed E-state index contributed by atoms with van der Waals surface area (Å²) < 4.78 is 14.2. The fourth-order valence-electron chi connectivity index (χ4n) is 5.57. The Bertz CT molecular complexity index is 1350. The average molecular weight is 442 g/mol. The maximum absolute atomic E-state index is 14.2. The third kappa shape index (κ3) is 2.64. The van der Waals surface area contributed by atoms with Crippen LogP contribution in [0.25, 0.3) is 0 Å². The number of carbonyl (C=O) groups excluding carboxylic acids is 2. The van der Waals surface area contributed by atoms with Gasteiger partial charge in [0, 0.05) is 36.0 Å². The molecule has 1 atom stereocenters. The van der Waals surface area contributed by atoms with Gasteiger partial charge in [-0.25, -0.2) is 4.39 Å². The van der Waals surface area contributed by atoms with E-state index in [9.17, 15) is 19.2 Å². The molecule has 1 spiro atoms. The third-order valence-corrected chi connectivity index (χ3v) is 6.84. The number of nitrogens with zero attached hydrogens (tertiary/aromatic N) is 3.